The van der Waals surface area contributed by atoms with Gasteiger partial charge in [0.2, 0.25) is 5.82 Å². The lowest BCUT2D eigenvalue weighted by atomic mass is 10.2. The van der Waals surface area contributed by atoms with Gasteiger partial charge in [-0.25, -0.2) is 14.4 Å². The first kappa shape index (κ1) is 9.82. The molecule has 0 bridgehead atoms. The third kappa shape index (κ3) is 1.74. The number of alkyl halides is 3. The van der Waals surface area contributed by atoms with Crippen LogP contribution in [0, 0.1) is 5.82 Å². The van der Waals surface area contributed by atoms with Gasteiger partial charge in [-0.05, 0) is 6.07 Å². The van der Waals surface area contributed by atoms with Crippen molar-refractivity contribution in [2.45, 2.75) is 6.18 Å². The molecule has 0 aliphatic rings. The fraction of sp³-hybridized carbons (Fsp3) is 0.111. The molecule has 0 amide bonds. The second-order valence-electron chi connectivity index (χ2n) is 2.87. The number of fused-ring (bicyclic) bond motifs is 1. The van der Waals surface area contributed by atoms with Gasteiger partial charge in [-0.1, -0.05) is 12.1 Å². The van der Waals surface area contributed by atoms with Crippen LogP contribution in [0.2, 0.25) is 0 Å². The summed E-state index contributed by atoms with van der Waals surface area (Å²) in [6, 6.07) is 3.88. The van der Waals surface area contributed by atoms with Crippen LogP contribution >= 0.6 is 0 Å². The first-order chi connectivity index (χ1) is 6.98. The molecule has 0 atom stereocenters. The summed E-state index contributed by atoms with van der Waals surface area (Å²) in [5.74, 6) is -2.12. The number of benzene rings is 1. The van der Waals surface area contributed by atoms with Gasteiger partial charge in [-0.3, -0.25) is 0 Å². The van der Waals surface area contributed by atoms with E-state index in [1.165, 1.54) is 12.1 Å². The van der Waals surface area contributed by atoms with Gasteiger partial charge in [-0.2, -0.15) is 13.2 Å². The molecule has 1 heterocycles. The largest absolute Gasteiger partial charge is 0.451 e. The molecule has 2 nitrogen and oxygen atoms in total. The van der Waals surface area contributed by atoms with Crippen molar-refractivity contribution in [2.75, 3.05) is 0 Å². The van der Waals surface area contributed by atoms with Crippen molar-refractivity contribution < 1.29 is 17.6 Å². The molecule has 0 N–H and O–H groups in total. The van der Waals surface area contributed by atoms with Gasteiger partial charge >= 0.3 is 6.18 Å². The summed E-state index contributed by atoms with van der Waals surface area (Å²) in [5, 5.41) is 0.239. The topological polar surface area (TPSA) is 25.8 Å². The van der Waals surface area contributed by atoms with Crippen LogP contribution in [0.5, 0.6) is 0 Å². The molecule has 2 rings (SSSR count). The van der Waals surface area contributed by atoms with Crippen LogP contribution in [-0.2, 0) is 6.18 Å². The normalized spacial score (nSPS) is 12.0. The van der Waals surface area contributed by atoms with E-state index in [2.05, 4.69) is 9.97 Å². The van der Waals surface area contributed by atoms with Crippen molar-refractivity contribution in [3.63, 3.8) is 0 Å². The predicted octanol–water partition coefficient (Wildman–Crippen LogP) is 2.79. The van der Waals surface area contributed by atoms with Crippen molar-refractivity contribution in [2.24, 2.45) is 0 Å². The van der Waals surface area contributed by atoms with Crippen LogP contribution in [0.25, 0.3) is 10.9 Å². The van der Waals surface area contributed by atoms with Crippen LogP contribution in [0.3, 0.4) is 0 Å². The zero-order valence-electron chi connectivity index (χ0n) is 7.22. The Bertz CT molecular complexity index is 507. The molecule has 0 aliphatic carbocycles. The van der Waals surface area contributed by atoms with E-state index in [1.807, 2.05) is 0 Å². The van der Waals surface area contributed by atoms with E-state index in [-0.39, 0.29) is 10.9 Å². The molecule has 6 heteroatoms. The Morgan fingerprint density at radius 3 is 2.53 bits per heavy atom. The number of hydrogen-bond acceptors (Lipinski definition) is 2. The first-order valence-electron chi connectivity index (χ1n) is 3.97. The maximum absolute atomic E-state index is 13.1. The van der Waals surface area contributed by atoms with Crippen LogP contribution in [-0.4, -0.2) is 9.97 Å². The zero-order chi connectivity index (χ0) is 11.1. The van der Waals surface area contributed by atoms with E-state index in [0.717, 1.165) is 12.3 Å². The average molecular weight is 216 g/mol. The van der Waals surface area contributed by atoms with Crippen LogP contribution in [0.4, 0.5) is 17.6 Å². The molecule has 0 unspecified atom stereocenters. The minimum Gasteiger partial charge on any atom is -0.232 e. The quantitative estimate of drug-likeness (QED) is 0.633. The number of nitrogens with zero attached hydrogens (tertiary/aromatic N) is 2. The summed E-state index contributed by atoms with van der Waals surface area (Å²) in [5.41, 5.74) is -0.320. The Balaban J connectivity index is 2.70. The fourth-order valence-electron chi connectivity index (χ4n) is 1.16. The third-order valence-electron chi connectivity index (χ3n) is 1.82. The van der Waals surface area contributed by atoms with Crippen molar-refractivity contribution in [3.05, 3.63) is 36.0 Å². The zero-order valence-corrected chi connectivity index (χ0v) is 7.22. The molecular formula is C9H4F4N2. The molecule has 2 aromatic rings. The summed E-state index contributed by atoms with van der Waals surface area (Å²) in [6.07, 6.45) is -3.70. The Morgan fingerprint density at radius 2 is 1.87 bits per heavy atom. The molecule has 0 aliphatic heterocycles. The molecule has 0 fully saturated rings. The van der Waals surface area contributed by atoms with Gasteiger partial charge in [-0.15, -0.1) is 0 Å². The van der Waals surface area contributed by atoms with Crippen LogP contribution in [0.15, 0.2) is 24.4 Å². The van der Waals surface area contributed by atoms with E-state index in [0.29, 0.717) is 0 Å². The van der Waals surface area contributed by atoms with Gasteiger partial charge in [0.1, 0.15) is 11.3 Å². The van der Waals surface area contributed by atoms with Gasteiger partial charge in [0, 0.05) is 11.6 Å². The van der Waals surface area contributed by atoms with E-state index >= 15 is 0 Å². The molecule has 0 saturated heterocycles. The second-order valence-corrected chi connectivity index (χ2v) is 2.87. The smallest absolute Gasteiger partial charge is 0.232 e. The van der Waals surface area contributed by atoms with Gasteiger partial charge in [0.25, 0.3) is 0 Å². The number of rotatable bonds is 0. The SMILES string of the molecule is Fc1cccc2cnc(C(F)(F)F)nc12. The lowest BCUT2D eigenvalue weighted by Crippen LogP contribution is -2.10. The maximum atomic E-state index is 13.1. The molecule has 1 aromatic carbocycles. The molecule has 0 spiro atoms. The number of hydrogen-bond donors (Lipinski definition) is 0. The molecule has 1 aromatic heterocycles. The predicted molar refractivity (Wildman–Crippen MR) is 44.5 cm³/mol. The van der Waals surface area contributed by atoms with Crippen molar-refractivity contribution in [1.82, 2.24) is 9.97 Å². The highest BCUT2D eigenvalue weighted by atomic mass is 19.4. The average Bonchev–Trinajstić information content (AvgIpc) is 2.16. The van der Waals surface area contributed by atoms with Gasteiger partial charge in [0.05, 0.1) is 0 Å². The van der Waals surface area contributed by atoms with E-state index in [1.54, 1.807) is 0 Å². The maximum Gasteiger partial charge on any atom is 0.451 e. The lowest BCUT2D eigenvalue weighted by Gasteiger charge is -2.05. The molecular weight excluding hydrogens is 212 g/mol. The van der Waals surface area contributed by atoms with Crippen molar-refractivity contribution in [1.29, 1.82) is 0 Å². The number of para-hydroxylation sites is 1. The van der Waals surface area contributed by atoms with E-state index < -0.39 is 17.8 Å². The lowest BCUT2D eigenvalue weighted by molar-refractivity contribution is -0.144. The Morgan fingerprint density at radius 1 is 1.13 bits per heavy atom. The minimum absolute atomic E-state index is 0.239. The Labute approximate surface area is 81.6 Å². The number of aromatic nitrogens is 2. The Kier molecular flexibility index (Phi) is 2.06. The monoisotopic (exact) mass is 216 g/mol. The van der Waals surface area contributed by atoms with E-state index in [9.17, 15) is 17.6 Å². The van der Waals surface area contributed by atoms with Crippen LogP contribution in [0.1, 0.15) is 5.82 Å². The summed E-state index contributed by atoms with van der Waals surface area (Å²) in [7, 11) is 0. The molecule has 15 heavy (non-hydrogen) atoms. The summed E-state index contributed by atoms with van der Waals surface area (Å²) in [6.45, 7) is 0. The molecule has 78 valence electrons. The highest BCUT2D eigenvalue weighted by Crippen LogP contribution is 2.27. The van der Waals surface area contributed by atoms with E-state index in [4.69, 9.17) is 0 Å². The summed E-state index contributed by atoms with van der Waals surface area (Å²) < 4.78 is 49.7. The standard InChI is InChI=1S/C9H4F4N2/c10-6-3-1-2-5-4-14-8(9(11,12)13)15-7(5)6/h1-4H. The highest BCUT2D eigenvalue weighted by Gasteiger charge is 2.34. The summed E-state index contributed by atoms with van der Waals surface area (Å²) in [4.78, 5) is 6.25. The minimum atomic E-state index is -4.66. The third-order valence-corrected chi connectivity index (χ3v) is 1.82. The van der Waals surface area contributed by atoms with Gasteiger partial charge in [0.15, 0.2) is 0 Å². The second kappa shape index (κ2) is 3.15. The van der Waals surface area contributed by atoms with Crippen molar-refractivity contribution in [3.8, 4) is 0 Å². The molecule has 0 saturated carbocycles. The highest BCUT2D eigenvalue weighted by molar-refractivity contribution is 5.78. The molecule has 0 radical (unpaired) electrons. The van der Waals surface area contributed by atoms with Crippen LogP contribution < -0.4 is 0 Å². The van der Waals surface area contributed by atoms with Gasteiger partial charge < -0.3 is 0 Å². The number of halogens is 4. The summed E-state index contributed by atoms with van der Waals surface area (Å²) >= 11 is 0. The Hall–Kier alpha value is -1.72. The fourth-order valence-corrected chi connectivity index (χ4v) is 1.16. The first-order valence-corrected chi connectivity index (χ1v) is 3.97. The van der Waals surface area contributed by atoms with Crippen molar-refractivity contribution >= 4 is 10.9 Å².